The maximum Gasteiger partial charge on any atom is 0.201 e. The fourth-order valence-corrected chi connectivity index (χ4v) is 19.2. The maximum absolute atomic E-state index is 7.73. The zero-order valence-corrected chi connectivity index (χ0v) is 31.9. The normalized spacial score (nSPS) is 23.8. The Kier molecular flexibility index (Phi) is 15.4. The van der Waals surface area contributed by atoms with Gasteiger partial charge in [-0.2, -0.15) is 0 Å². The molecule has 0 saturated carbocycles. The molecular formula is C36H66O5Si2. The molecule has 1 aromatic rings. The molecule has 7 heteroatoms. The summed E-state index contributed by atoms with van der Waals surface area (Å²) in [4.78, 5) is 0. The summed E-state index contributed by atoms with van der Waals surface area (Å²) in [6.45, 7) is 35.3. The van der Waals surface area contributed by atoms with Gasteiger partial charge in [0.2, 0.25) is 16.6 Å². The molecule has 0 N–H and O–H groups in total. The lowest BCUT2D eigenvalue weighted by Crippen LogP contribution is -2.67. The molecule has 43 heavy (non-hydrogen) atoms. The van der Waals surface area contributed by atoms with E-state index in [0.717, 1.165) is 18.4 Å². The number of hydrogen-bond acceptors (Lipinski definition) is 5. The largest absolute Gasteiger partial charge is 0.408 e. The van der Waals surface area contributed by atoms with Crippen molar-refractivity contribution in [1.29, 1.82) is 0 Å². The van der Waals surface area contributed by atoms with Crippen LogP contribution in [0.25, 0.3) is 0 Å². The van der Waals surface area contributed by atoms with E-state index in [1.54, 1.807) is 0 Å². The molecular weight excluding hydrogens is 569 g/mol. The van der Waals surface area contributed by atoms with Gasteiger partial charge in [0.1, 0.15) is 12.2 Å². The molecule has 1 heterocycles. The molecule has 0 aliphatic carbocycles. The summed E-state index contributed by atoms with van der Waals surface area (Å²) < 4.78 is 35.5. The first-order valence-corrected chi connectivity index (χ1v) is 21.3. The monoisotopic (exact) mass is 634 g/mol. The molecule has 0 bridgehead atoms. The van der Waals surface area contributed by atoms with Gasteiger partial charge in [0.15, 0.2) is 6.29 Å². The van der Waals surface area contributed by atoms with Crippen LogP contribution in [-0.2, 0) is 29.7 Å². The van der Waals surface area contributed by atoms with Crippen LogP contribution in [0.1, 0.15) is 108 Å². The van der Waals surface area contributed by atoms with Crippen molar-refractivity contribution in [3.8, 4) is 0 Å². The highest BCUT2D eigenvalue weighted by Gasteiger charge is 2.57. The fourth-order valence-electron chi connectivity index (χ4n) is 8.06. The third-order valence-electron chi connectivity index (χ3n) is 9.94. The molecule has 248 valence electrons. The average Bonchev–Trinajstić information content (AvgIpc) is 2.92. The number of allylic oxidation sites excluding steroid dienone is 1. The van der Waals surface area contributed by atoms with E-state index in [9.17, 15) is 0 Å². The number of unbranched alkanes of at least 4 members (excludes halogenated alkanes) is 1. The lowest BCUT2D eigenvalue weighted by molar-refractivity contribution is -0.300. The van der Waals surface area contributed by atoms with Crippen LogP contribution >= 0.6 is 0 Å². The lowest BCUT2D eigenvalue weighted by Gasteiger charge is -2.54. The van der Waals surface area contributed by atoms with Crippen molar-refractivity contribution in [3.63, 3.8) is 0 Å². The second kappa shape index (κ2) is 17.2. The van der Waals surface area contributed by atoms with Crippen LogP contribution in [0.5, 0.6) is 0 Å². The summed E-state index contributed by atoms with van der Waals surface area (Å²) in [5.41, 5.74) is 3.73. The molecule has 1 aromatic carbocycles. The Labute approximate surface area is 267 Å². The van der Waals surface area contributed by atoms with Crippen LogP contribution in [0.4, 0.5) is 0 Å². The average molecular weight is 635 g/mol. The summed E-state index contributed by atoms with van der Waals surface area (Å²) in [6.07, 6.45) is 2.00. The van der Waals surface area contributed by atoms with Gasteiger partial charge in [0, 0.05) is 0 Å². The number of hydrogen-bond donors (Lipinski definition) is 0. The Bertz CT molecular complexity index is 889. The SMILES string of the molecule is C=CCCCOC1O[C@@H](C)[C@H](O[Si](C(C)C)(C(C)C)C(C)C)[C@@H](O[Si](C(C)C)(C(C)C)C(C)C)[C@H]1OCc1ccccc1. The highest BCUT2D eigenvalue weighted by atomic mass is 28.4. The molecule has 5 nitrogen and oxygen atoms in total. The van der Waals surface area contributed by atoms with Crippen molar-refractivity contribution < 1.29 is 23.1 Å². The molecule has 1 aliphatic rings. The topological polar surface area (TPSA) is 46.2 Å². The van der Waals surface area contributed by atoms with Crippen LogP contribution < -0.4 is 0 Å². The van der Waals surface area contributed by atoms with E-state index in [-0.39, 0.29) is 18.3 Å². The predicted molar refractivity (Wildman–Crippen MR) is 187 cm³/mol. The first-order valence-electron chi connectivity index (χ1n) is 17.1. The smallest absolute Gasteiger partial charge is 0.201 e. The molecule has 1 fully saturated rings. The highest BCUT2D eigenvalue weighted by Crippen LogP contribution is 2.48. The summed E-state index contributed by atoms with van der Waals surface area (Å²) in [5, 5.41) is 0. The van der Waals surface area contributed by atoms with E-state index in [1.807, 2.05) is 12.1 Å². The quantitative estimate of drug-likeness (QED) is 0.0913. The van der Waals surface area contributed by atoms with Gasteiger partial charge in [0.05, 0.1) is 25.4 Å². The van der Waals surface area contributed by atoms with E-state index in [0.29, 0.717) is 46.5 Å². The first-order chi connectivity index (χ1) is 20.2. The Hall–Kier alpha value is -0.806. The van der Waals surface area contributed by atoms with Crippen LogP contribution in [0.3, 0.4) is 0 Å². The number of benzene rings is 1. The highest BCUT2D eigenvalue weighted by molar-refractivity contribution is 6.78. The fraction of sp³-hybridized carbons (Fsp3) is 0.778. The van der Waals surface area contributed by atoms with Crippen molar-refractivity contribution in [1.82, 2.24) is 0 Å². The van der Waals surface area contributed by atoms with Crippen molar-refractivity contribution in [2.45, 2.75) is 173 Å². The molecule has 1 saturated heterocycles. The number of rotatable bonds is 18. The van der Waals surface area contributed by atoms with E-state index < -0.39 is 29.0 Å². The van der Waals surface area contributed by atoms with Gasteiger partial charge in [-0.05, 0) is 58.6 Å². The van der Waals surface area contributed by atoms with Gasteiger partial charge < -0.3 is 23.1 Å². The van der Waals surface area contributed by atoms with Crippen LogP contribution in [0.2, 0.25) is 33.2 Å². The summed E-state index contributed by atoms with van der Waals surface area (Å²) >= 11 is 0. The minimum atomic E-state index is -2.34. The third-order valence-corrected chi connectivity index (χ3v) is 22.1. The zero-order chi connectivity index (χ0) is 32.5. The van der Waals surface area contributed by atoms with Gasteiger partial charge >= 0.3 is 0 Å². The Morgan fingerprint density at radius 3 is 1.60 bits per heavy atom. The van der Waals surface area contributed by atoms with Gasteiger partial charge in [0.25, 0.3) is 0 Å². The van der Waals surface area contributed by atoms with Gasteiger partial charge in [-0.15, -0.1) is 6.58 Å². The Morgan fingerprint density at radius 2 is 1.16 bits per heavy atom. The predicted octanol–water partition coefficient (Wildman–Crippen LogP) is 10.4. The molecule has 0 amide bonds. The second-order valence-corrected chi connectivity index (χ2v) is 25.4. The van der Waals surface area contributed by atoms with E-state index in [4.69, 9.17) is 23.1 Å². The summed E-state index contributed by atoms with van der Waals surface area (Å²) in [6, 6.07) is 10.4. The molecule has 0 spiro atoms. The third kappa shape index (κ3) is 8.93. The van der Waals surface area contributed by atoms with Crippen LogP contribution in [0, 0.1) is 0 Å². The van der Waals surface area contributed by atoms with Crippen molar-refractivity contribution in [2.24, 2.45) is 0 Å². The molecule has 0 radical (unpaired) electrons. The second-order valence-electron chi connectivity index (χ2n) is 14.6. The van der Waals surface area contributed by atoms with E-state index >= 15 is 0 Å². The van der Waals surface area contributed by atoms with Crippen LogP contribution in [-0.4, -0.2) is 53.9 Å². The summed E-state index contributed by atoms with van der Waals surface area (Å²) in [5.74, 6) is 0. The zero-order valence-electron chi connectivity index (χ0n) is 29.9. The molecule has 1 unspecified atom stereocenters. The molecule has 1 aliphatic heterocycles. The maximum atomic E-state index is 7.73. The number of ether oxygens (including phenoxy) is 3. The standard InChI is InChI=1S/C36H66O5Si2/c1-15-16-20-23-37-36-35(38-24-32-21-18-17-19-22-32)34(41-43(28(8)9,29(10)11)30(12)13)33(31(14)39-36)40-42(25(2)3,26(4)5)27(6)7/h15,17-19,21-22,25-31,33-36H,1,16,20,23-24H2,2-14H3/t31-,33-,34+,35+,36?/m0/s1. The summed E-state index contributed by atoms with van der Waals surface area (Å²) in [7, 11) is -4.62. The lowest BCUT2D eigenvalue weighted by atomic mass is 9.99. The van der Waals surface area contributed by atoms with Gasteiger partial charge in [-0.25, -0.2) is 0 Å². The van der Waals surface area contributed by atoms with Crippen molar-refractivity contribution >= 4 is 16.6 Å². The molecule has 2 rings (SSSR count). The minimum Gasteiger partial charge on any atom is -0.408 e. The van der Waals surface area contributed by atoms with E-state index in [2.05, 4.69) is 121 Å². The molecule has 0 aromatic heterocycles. The van der Waals surface area contributed by atoms with Crippen molar-refractivity contribution in [3.05, 3.63) is 48.6 Å². The first kappa shape index (κ1) is 38.4. The Balaban J connectivity index is 2.71. The van der Waals surface area contributed by atoms with Crippen molar-refractivity contribution in [2.75, 3.05) is 6.61 Å². The molecule has 5 atom stereocenters. The van der Waals surface area contributed by atoms with Gasteiger partial charge in [-0.3, -0.25) is 0 Å². The Morgan fingerprint density at radius 1 is 0.698 bits per heavy atom. The minimum absolute atomic E-state index is 0.202. The van der Waals surface area contributed by atoms with E-state index in [1.165, 1.54) is 0 Å². The van der Waals surface area contributed by atoms with Gasteiger partial charge in [-0.1, -0.05) is 119 Å². The van der Waals surface area contributed by atoms with Crippen LogP contribution in [0.15, 0.2) is 43.0 Å².